The van der Waals surface area contributed by atoms with E-state index < -0.39 is 12.0 Å². The van der Waals surface area contributed by atoms with Crippen LogP contribution in [0, 0.1) is 0 Å². The molecule has 7 heteroatoms. The van der Waals surface area contributed by atoms with E-state index in [9.17, 15) is 4.79 Å². The van der Waals surface area contributed by atoms with Crippen LogP contribution in [-0.2, 0) is 11.3 Å². The summed E-state index contributed by atoms with van der Waals surface area (Å²) in [5.74, 6) is 0.885. The number of ether oxygens (including phenoxy) is 1. The first-order valence-corrected chi connectivity index (χ1v) is 7.52. The van der Waals surface area contributed by atoms with Crippen LogP contribution in [0.1, 0.15) is 5.82 Å². The topological polar surface area (TPSA) is 79.6 Å². The van der Waals surface area contributed by atoms with Crippen molar-refractivity contribution in [3.05, 3.63) is 42.5 Å². The quantitative estimate of drug-likeness (QED) is 0.847. The molecule has 1 aromatic heterocycles. The lowest BCUT2D eigenvalue weighted by molar-refractivity contribution is -0.140. The first-order chi connectivity index (χ1) is 11.2. The maximum atomic E-state index is 11.1. The summed E-state index contributed by atoms with van der Waals surface area (Å²) in [5, 5.41) is 12.1. The van der Waals surface area contributed by atoms with E-state index in [4.69, 9.17) is 9.84 Å². The van der Waals surface area contributed by atoms with Crippen molar-refractivity contribution in [2.45, 2.75) is 12.6 Å². The lowest BCUT2D eigenvalue weighted by Gasteiger charge is -2.31. The number of piperazine rings is 1. The van der Waals surface area contributed by atoms with Crippen LogP contribution in [0.25, 0.3) is 5.69 Å². The van der Waals surface area contributed by atoms with Crippen LogP contribution >= 0.6 is 0 Å². The number of carboxylic acid groups (broad SMARTS) is 1. The van der Waals surface area contributed by atoms with Gasteiger partial charge in [-0.05, 0) is 24.3 Å². The number of carboxylic acids is 1. The molecule has 1 saturated heterocycles. The van der Waals surface area contributed by atoms with Gasteiger partial charge in [0, 0.05) is 37.7 Å². The molecule has 3 rings (SSSR count). The van der Waals surface area contributed by atoms with Crippen molar-refractivity contribution >= 4 is 5.97 Å². The van der Waals surface area contributed by atoms with Crippen molar-refractivity contribution in [1.29, 1.82) is 0 Å². The summed E-state index contributed by atoms with van der Waals surface area (Å²) in [4.78, 5) is 17.7. The van der Waals surface area contributed by atoms with Gasteiger partial charge in [0.25, 0.3) is 0 Å². The molecule has 0 radical (unpaired) electrons. The third-order valence-electron chi connectivity index (χ3n) is 3.99. The van der Waals surface area contributed by atoms with Gasteiger partial charge in [-0.1, -0.05) is 0 Å². The van der Waals surface area contributed by atoms with Crippen molar-refractivity contribution in [3.63, 3.8) is 0 Å². The highest BCUT2D eigenvalue weighted by Crippen LogP contribution is 2.17. The number of aromatic nitrogens is 2. The second-order valence-corrected chi connectivity index (χ2v) is 5.49. The Hall–Kier alpha value is -2.38. The van der Waals surface area contributed by atoms with E-state index >= 15 is 0 Å². The lowest BCUT2D eigenvalue weighted by Crippen LogP contribution is -2.53. The van der Waals surface area contributed by atoms with E-state index in [1.165, 1.54) is 0 Å². The fraction of sp³-hybridized carbons (Fsp3) is 0.375. The monoisotopic (exact) mass is 316 g/mol. The van der Waals surface area contributed by atoms with Crippen molar-refractivity contribution in [1.82, 2.24) is 19.8 Å². The number of nitrogens with one attached hydrogen (secondary N) is 1. The molecule has 23 heavy (non-hydrogen) atoms. The Kier molecular flexibility index (Phi) is 4.59. The van der Waals surface area contributed by atoms with E-state index in [1.54, 1.807) is 13.3 Å². The van der Waals surface area contributed by atoms with E-state index in [0.29, 0.717) is 19.6 Å². The average Bonchev–Trinajstić information content (AvgIpc) is 3.03. The molecule has 0 saturated carbocycles. The molecule has 1 aromatic carbocycles. The molecular weight excluding hydrogens is 296 g/mol. The molecule has 2 heterocycles. The van der Waals surface area contributed by atoms with Crippen molar-refractivity contribution in [3.8, 4) is 11.4 Å². The fourth-order valence-electron chi connectivity index (χ4n) is 2.75. The molecule has 122 valence electrons. The number of rotatable bonds is 5. The summed E-state index contributed by atoms with van der Waals surface area (Å²) in [5.41, 5.74) is 1.00. The number of methoxy groups -OCH3 is 1. The number of nitrogens with zero attached hydrogens (tertiary/aromatic N) is 3. The molecule has 1 aliphatic heterocycles. The molecule has 2 N–H and O–H groups in total. The van der Waals surface area contributed by atoms with Crippen LogP contribution in [-0.4, -0.2) is 58.3 Å². The molecule has 0 amide bonds. The maximum absolute atomic E-state index is 11.1. The summed E-state index contributed by atoms with van der Waals surface area (Å²) in [6.07, 6.45) is 3.67. The first kappa shape index (κ1) is 15.5. The van der Waals surface area contributed by atoms with Crippen LogP contribution < -0.4 is 10.1 Å². The standard InChI is InChI=1S/C16H20N4O3/c1-23-13-4-2-12(3-5-13)20-9-7-18-15(20)11-19-8-6-17-14(10-19)16(21)22/h2-5,7,9,14,17H,6,8,10-11H2,1H3,(H,21,22)/t14-/m1/s1. The van der Waals surface area contributed by atoms with Gasteiger partial charge >= 0.3 is 5.97 Å². The van der Waals surface area contributed by atoms with Gasteiger partial charge in [-0.2, -0.15) is 0 Å². The highest BCUT2D eigenvalue weighted by molar-refractivity contribution is 5.73. The zero-order valence-electron chi connectivity index (χ0n) is 13.0. The molecule has 1 aliphatic rings. The van der Waals surface area contributed by atoms with Gasteiger partial charge in [0.15, 0.2) is 0 Å². The highest BCUT2D eigenvalue weighted by Gasteiger charge is 2.25. The average molecular weight is 316 g/mol. The summed E-state index contributed by atoms with van der Waals surface area (Å²) in [7, 11) is 1.64. The van der Waals surface area contributed by atoms with Gasteiger partial charge in [-0.15, -0.1) is 0 Å². The minimum absolute atomic E-state index is 0.477. The largest absolute Gasteiger partial charge is 0.497 e. The van der Waals surface area contributed by atoms with Crippen LogP contribution in [0.4, 0.5) is 0 Å². The Morgan fingerprint density at radius 2 is 2.22 bits per heavy atom. The minimum Gasteiger partial charge on any atom is -0.497 e. The SMILES string of the molecule is COc1ccc(-n2ccnc2CN2CCN[C@@H](C(=O)O)C2)cc1. The molecule has 7 nitrogen and oxygen atoms in total. The normalized spacial score (nSPS) is 18.7. The zero-order chi connectivity index (χ0) is 16.2. The van der Waals surface area contributed by atoms with Gasteiger partial charge in [-0.3, -0.25) is 9.69 Å². The summed E-state index contributed by atoms with van der Waals surface area (Å²) in [6, 6.07) is 7.24. The zero-order valence-corrected chi connectivity index (χ0v) is 13.0. The van der Waals surface area contributed by atoms with Crippen LogP contribution in [0.3, 0.4) is 0 Å². The second kappa shape index (κ2) is 6.80. The molecule has 0 aliphatic carbocycles. The number of imidazole rings is 1. The number of hydrogen-bond acceptors (Lipinski definition) is 5. The number of carbonyl (C=O) groups is 1. The van der Waals surface area contributed by atoms with Gasteiger partial charge < -0.3 is 19.7 Å². The van der Waals surface area contributed by atoms with Gasteiger partial charge in [0.05, 0.1) is 13.7 Å². The Morgan fingerprint density at radius 1 is 1.43 bits per heavy atom. The van der Waals surface area contributed by atoms with Gasteiger partial charge in [-0.25, -0.2) is 4.98 Å². The smallest absolute Gasteiger partial charge is 0.322 e. The van der Waals surface area contributed by atoms with E-state index in [2.05, 4.69) is 15.2 Å². The summed E-state index contributed by atoms with van der Waals surface area (Å²) < 4.78 is 7.19. The third kappa shape index (κ3) is 3.52. The molecule has 1 fully saturated rings. The van der Waals surface area contributed by atoms with Gasteiger partial charge in [0.1, 0.15) is 17.6 Å². The summed E-state index contributed by atoms with van der Waals surface area (Å²) >= 11 is 0. The van der Waals surface area contributed by atoms with Crippen molar-refractivity contribution in [2.24, 2.45) is 0 Å². The van der Waals surface area contributed by atoms with E-state index in [-0.39, 0.29) is 0 Å². The Balaban J connectivity index is 1.74. The maximum Gasteiger partial charge on any atom is 0.322 e. The lowest BCUT2D eigenvalue weighted by atomic mass is 10.2. The van der Waals surface area contributed by atoms with Crippen LogP contribution in [0.15, 0.2) is 36.7 Å². The Morgan fingerprint density at radius 3 is 2.91 bits per heavy atom. The van der Waals surface area contributed by atoms with Crippen LogP contribution in [0.2, 0.25) is 0 Å². The van der Waals surface area contributed by atoms with Crippen molar-refractivity contribution in [2.75, 3.05) is 26.7 Å². The second-order valence-electron chi connectivity index (χ2n) is 5.49. The summed E-state index contributed by atoms with van der Waals surface area (Å²) in [6.45, 7) is 2.56. The number of aliphatic carboxylic acids is 1. The Bertz CT molecular complexity index is 668. The minimum atomic E-state index is -0.812. The van der Waals surface area contributed by atoms with E-state index in [1.807, 2.05) is 35.0 Å². The number of hydrogen-bond donors (Lipinski definition) is 2. The molecule has 0 bridgehead atoms. The molecule has 0 unspecified atom stereocenters. The predicted molar refractivity (Wildman–Crippen MR) is 84.8 cm³/mol. The van der Waals surface area contributed by atoms with Gasteiger partial charge in [0.2, 0.25) is 0 Å². The molecule has 0 spiro atoms. The first-order valence-electron chi connectivity index (χ1n) is 7.52. The molecular formula is C16H20N4O3. The molecule has 2 aromatic rings. The molecule has 1 atom stereocenters. The highest BCUT2D eigenvalue weighted by atomic mass is 16.5. The van der Waals surface area contributed by atoms with Crippen molar-refractivity contribution < 1.29 is 14.6 Å². The predicted octanol–water partition coefficient (Wildman–Crippen LogP) is 0.739. The number of benzene rings is 1. The Labute approximate surface area is 134 Å². The van der Waals surface area contributed by atoms with Crippen LogP contribution in [0.5, 0.6) is 5.75 Å². The third-order valence-corrected chi connectivity index (χ3v) is 3.99. The fourth-order valence-corrected chi connectivity index (χ4v) is 2.75. The van der Waals surface area contributed by atoms with E-state index in [0.717, 1.165) is 23.8 Å².